The van der Waals surface area contributed by atoms with E-state index in [1.165, 1.54) is 13.3 Å². The fourth-order valence-electron chi connectivity index (χ4n) is 1.99. The smallest absolute Gasteiger partial charge is 0.200 e. The monoisotopic (exact) mass is 298 g/mol. The van der Waals surface area contributed by atoms with Crippen LogP contribution < -0.4 is 4.74 Å². The zero-order chi connectivity index (χ0) is 14.8. The van der Waals surface area contributed by atoms with Crippen LogP contribution in [0.1, 0.15) is 0 Å². The number of nitrogens with zero attached hydrogens (tertiary/aromatic N) is 3. The number of methoxy groups -OCH3 is 1. The van der Waals surface area contributed by atoms with E-state index in [2.05, 4.69) is 27.3 Å². The molecule has 3 rings (SSSR count). The molecule has 0 aliphatic heterocycles. The number of phenols is 1. The minimum atomic E-state index is 0.0287. The van der Waals surface area contributed by atoms with Crippen LogP contribution in [0, 0.1) is 16.9 Å². The molecule has 2 heterocycles. The van der Waals surface area contributed by atoms with Crippen molar-refractivity contribution in [3.8, 4) is 28.6 Å². The van der Waals surface area contributed by atoms with Crippen LogP contribution in [0.3, 0.4) is 0 Å². The average Bonchev–Trinajstić information content (AvgIpc) is 2.89. The van der Waals surface area contributed by atoms with Crippen LogP contribution in [0.15, 0.2) is 30.6 Å². The van der Waals surface area contributed by atoms with E-state index in [1.807, 2.05) is 0 Å². The van der Waals surface area contributed by atoms with Crippen LogP contribution in [0.2, 0.25) is 0 Å². The van der Waals surface area contributed by atoms with Crippen LogP contribution in [-0.2, 0) is 0 Å². The van der Waals surface area contributed by atoms with E-state index in [0.717, 1.165) is 0 Å². The minimum absolute atomic E-state index is 0.0287. The molecule has 0 bridgehead atoms. The number of hydrogen-bond donors (Lipinski definition) is 2. The highest BCUT2D eigenvalue weighted by molar-refractivity contribution is 7.71. The van der Waals surface area contributed by atoms with E-state index in [-0.39, 0.29) is 5.75 Å². The van der Waals surface area contributed by atoms with Crippen LogP contribution in [0.4, 0.5) is 0 Å². The van der Waals surface area contributed by atoms with Gasteiger partial charge in [0.25, 0.3) is 0 Å². The van der Waals surface area contributed by atoms with Crippen LogP contribution >= 0.6 is 12.2 Å². The number of phenolic OH excluding ortho intramolecular Hbond substituents is 1. The molecule has 21 heavy (non-hydrogen) atoms. The molecule has 7 heteroatoms. The van der Waals surface area contributed by atoms with Crippen LogP contribution in [0.25, 0.3) is 17.1 Å². The number of aromatic hydroxyl groups is 1. The van der Waals surface area contributed by atoms with Crippen molar-refractivity contribution in [2.75, 3.05) is 7.11 Å². The highest BCUT2D eigenvalue weighted by Crippen LogP contribution is 2.34. The molecule has 0 fully saturated rings. The molecule has 0 atom stereocenters. The van der Waals surface area contributed by atoms with Crippen molar-refractivity contribution in [3.05, 3.63) is 47.5 Å². The van der Waals surface area contributed by atoms with Gasteiger partial charge < -0.3 is 9.84 Å². The number of H-pyrrole nitrogens is 1. The molecule has 0 radical (unpaired) electrons. The number of ether oxygens (including phenoxy) is 1. The number of nitrogens with one attached hydrogen (secondary N) is 1. The summed E-state index contributed by atoms with van der Waals surface area (Å²) >= 11 is 5.26. The molecule has 0 aliphatic carbocycles. The molecule has 2 N–H and O–H groups in total. The Hall–Kier alpha value is -2.85. The third-order valence-corrected chi connectivity index (χ3v) is 3.16. The predicted molar refractivity (Wildman–Crippen MR) is 77.9 cm³/mol. The molecular weight excluding hydrogens is 288 g/mol. The molecular formula is C14H10N4O2S. The Kier molecular flexibility index (Phi) is 3.30. The van der Waals surface area contributed by atoms with Gasteiger partial charge in [0.1, 0.15) is 17.2 Å². The molecule has 0 spiro atoms. The molecule has 0 saturated carbocycles. The second-order valence-corrected chi connectivity index (χ2v) is 4.49. The Morgan fingerprint density at radius 1 is 1.43 bits per heavy atom. The second-order valence-electron chi connectivity index (χ2n) is 4.11. The SMILES string of the molecule is COc1cccc(O)c1-n1c(-c2c#ccnc2)n[nH]c1=S. The number of aromatic amines is 1. The first kappa shape index (κ1) is 13.1. The lowest BCUT2D eigenvalue weighted by Crippen LogP contribution is -2.01. The molecule has 0 amide bonds. The summed E-state index contributed by atoms with van der Waals surface area (Å²) in [5.41, 5.74) is 1.00. The summed E-state index contributed by atoms with van der Waals surface area (Å²) in [6, 6.07) is 10.6. The third-order valence-electron chi connectivity index (χ3n) is 2.88. The summed E-state index contributed by atoms with van der Waals surface area (Å²) in [6.07, 6.45) is 3.08. The largest absolute Gasteiger partial charge is 0.506 e. The standard InChI is InChI=1S/C14H10N4O2S/c1-20-11-6-2-5-10(19)12(11)18-13(16-17-14(18)21)9-4-3-7-15-8-9/h2,5-8,19H,1H3,(H,17,21). The minimum Gasteiger partial charge on any atom is -0.506 e. The lowest BCUT2D eigenvalue weighted by molar-refractivity contribution is 0.404. The van der Waals surface area contributed by atoms with E-state index >= 15 is 0 Å². The lowest BCUT2D eigenvalue weighted by Gasteiger charge is -2.12. The highest BCUT2D eigenvalue weighted by atomic mass is 32.1. The van der Waals surface area contributed by atoms with E-state index in [4.69, 9.17) is 17.0 Å². The molecule has 0 saturated heterocycles. The third kappa shape index (κ3) is 2.22. The van der Waals surface area contributed by atoms with E-state index in [9.17, 15) is 5.11 Å². The van der Waals surface area contributed by atoms with Crippen LogP contribution in [-0.4, -0.2) is 32.0 Å². The topological polar surface area (TPSA) is 76.0 Å². The first-order valence-corrected chi connectivity index (χ1v) is 6.40. The van der Waals surface area contributed by atoms with E-state index < -0.39 is 0 Å². The zero-order valence-corrected chi connectivity index (χ0v) is 11.8. The van der Waals surface area contributed by atoms with Gasteiger partial charge >= 0.3 is 0 Å². The molecule has 0 aliphatic rings. The molecule has 6 nitrogen and oxygen atoms in total. The van der Waals surface area contributed by atoms with Gasteiger partial charge in [-0.15, -0.1) is 0 Å². The van der Waals surface area contributed by atoms with Gasteiger partial charge in [0.2, 0.25) is 0 Å². The Morgan fingerprint density at radius 2 is 2.29 bits per heavy atom. The quantitative estimate of drug-likeness (QED) is 0.726. The zero-order valence-electron chi connectivity index (χ0n) is 11.0. The van der Waals surface area contributed by atoms with Gasteiger partial charge in [0.05, 0.1) is 18.9 Å². The molecule has 1 aromatic carbocycles. The first-order valence-electron chi connectivity index (χ1n) is 6.00. The first-order chi connectivity index (χ1) is 10.2. The van der Waals surface area contributed by atoms with Gasteiger partial charge in [-0.3, -0.25) is 14.6 Å². The van der Waals surface area contributed by atoms with E-state index in [1.54, 1.807) is 29.0 Å². The van der Waals surface area contributed by atoms with E-state index in [0.29, 0.717) is 27.6 Å². The van der Waals surface area contributed by atoms with Crippen molar-refractivity contribution in [1.82, 2.24) is 19.7 Å². The van der Waals surface area contributed by atoms with Crippen molar-refractivity contribution in [3.63, 3.8) is 0 Å². The Bertz CT molecular complexity index is 826. The molecule has 3 aromatic rings. The lowest BCUT2D eigenvalue weighted by atomic mass is 10.2. The van der Waals surface area contributed by atoms with Gasteiger partial charge in [-0.05, 0) is 30.4 Å². The Labute approximate surface area is 125 Å². The fraction of sp³-hybridized carbons (Fsp3) is 0.0714. The number of hydrogen-bond acceptors (Lipinski definition) is 5. The maximum Gasteiger partial charge on any atom is 0.200 e. The number of rotatable bonds is 3. The van der Waals surface area contributed by atoms with Crippen molar-refractivity contribution in [2.45, 2.75) is 0 Å². The second kappa shape index (κ2) is 5.26. The Morgan fingerprint density at radius 3 is 3.00 bits per heavy atom. The summed E-state index contributed by atoms with van der Waals surface area (Å²) in [5.74, 6) is 0.965. The van der Waals surface area contributed by atoms with Gasteiger partial charge in [-0.25, -0.2) is 0 Å². The number of para-hydroxylation sites is 1. The average molecular weight is 298 g/mol. The summed E-state index contributed by atoms with van der Waals surface area (Å²) in [4.78, 5) is 3.99. The fourth-order valence-corrected chi connectivity index (χ4v) is 2.21. The predicted octanol–water partition coefficient (Wildman–Crippen LogP) is 2.31. The Balaban J connectivity index is 2.30. The van der Waals surface area contributed by atoms with Crippen molar-refractivity contribution < 1.29 is 9.84 Å². The van der Waals surface area contributed by atoms with Crippen molar-refractivity contribution in [1.29, 1.82) is 0 Å². The number of benzene rings is 1. The number of aromatic nitrogens is 4. The summed E-state index contributed by atoms with van der Waals surface area (Å²) in [7, 11) is 1.52. The summed E-state index contributed by atoms with van der Waals surface area (Å²) in [6.45, 7) is 0. The maximum atomic E-state index is 10.2. The van der Waals surface area contributed by atoms with Crippen molar-refractivity contribution in [2.24, 2.45) is 0 Å². The van der Waals surface area contributed by atoms with Crippen LogP contribution in [0.5, 0.6) is 11.5 Å². The maximum absolute atomic E-state index is 10.2. The van der Waals surface area contributed by atoms with Crippen molar-refractivity contribution >= 4 is 12.2 Å². The summed E-state index contributed by atoms with van der Waals surface area (Å²) < 4.78 is 7.19. The molecule has 0 unspecified atom stereocenters. The summed E-state index contributed by atoms with van der Waals surface area (Å²) in [5, 5.41) is 17.0. The highest BCUT2D eigenvalue weighted by Gasteiger charge is 2.18. The normalized spacial score (nSPS) is 10.1. The van der Waals surface area contributed by atoms with Gasteiger partial charge in [0.15, 0.2) is 10.6 Å². The van der Waals surface area contributed by atoms with Gasteiger partial charge in [-0.2, -0.15) is 5.10 Å². The molecule has 2 aromatic heterocycles. The van der Waals surface area contributed by atoms with Gasteiger partial charge in [0, 0.05) is 6.20 Å². The molecule has 104 valence electrons. The van der Waals surface area contributed by atoms with Gasteiger partial charge in [-0.1, -0.05) is 12.1 Å².